The third-order valence-electron chi connectivity index (χ3n) is 0.586. The Morgan fingerprint density at radius 1 is 1.25 bits per heavy atom. The number of hydrogen-bond acceptors (Lipinski definition) is 2. The summed E-state index contributed by atoms with van der Waals surface area (Å²) in [4.78, 5) is 0. The summed E-state index contributed by atoms with van der Waals surface area (Å²) in [5.74, 6) is 0. The molecule has 0 spiro atoms. The van der Waals surface area contributed by atoms with E-state index in [1.807, 2.05) is 12.2 Å². The molecule has 0 aromatic carbocycles. The van der Waals surface area contributed by atoms with Gasteiger partial charge in [-0.25, -0.2) is 12.2 Å². The zero-order chi connectivity index (χ0) is 8.95. The van der Waals surface area contributed by atoms with Gasteiger partial charge in [0.2, 0.25) is 0 Å². The van der Waals surface area contributed by atoms with Crippen LogP contribution in [0.4, 0.5) is 0 Å². The molecule has 5 heteroatoms. The minimum atomic E-state index is 0. The molecular formula is C7H11Cl2O2V-. The zero-order valence-electron chi connectivity index (χ0n) is 6.96. The first-order valence-electron chi connectivity index (χ1n) is 2.84. The van der Waals surface area contributed by atoms with Crippen LogP contribution in [0.5, 0.6) is 0 Å². The molecule has 0 amide bonds. The number of hydrogen-bond donors (Lipinski definition) is 0. The predicted molar refractivity (Wildman–Crippen MR) is 47.3 cm³/mol. The maximum atomic E-state index is 4.50. The van der Waals surface area contributed by atoms with Gasteiger partial charge < -0.3 is 0 Å². The maximum Gasteiger partial charge on any atom is 0.0606 e. The molecule has 1 aliphatic carbocycles. The second kappa shape index (κ2) is 22.6. The van der Waals surface area contributed by atoms with Gasteiger partial charge in [-0.1, -0.05) is 0 Å². The standard InChI is InChI=1S/C5H5.2CH3ClO.V/c1-2-4-5-3-1;2*1-3-2;/h1-3H,4H2;2*1H3;/q-1;;;. The van der Waals surface area contributed by atoms with Crippen LogP contribution < -0.4 is 0 Å². The van der Waals surface area contributed by atoms with Crippen molar-refractivity contribution in [2.45, 2.75) is 6.42 Å². The molecule has 0 heterocycles. The van der Waals surface area contributed by atoms with Gasteiger partial charge in [-0.3, -0.25) is 14.7 Å². The summed E-state index contributed by atoms with van der Waals surface area (Å²) in [6.45, 7) is 0. The minimum Gasteiger partial charge on any atom is -0.283 e. The van der Waals surface area contributed by atoms with Crippen LogP contribution in [-0.2, 0) is 27.1 Å². The SMILES string of the molecule is COCl.COCl.[C-]1=CC=CC1.[V]. The molecule has 0 saturated carbocycles. The number of halogens is 2. The monoisotopic (exact) mass is 248 g/mol. The first-order valence-corrected chi connectivity index (χ1v) is 3.46. The van der Waals surface area contributed by atoms with Crippen molar-refractivity contribution in [2.75, 3.05) is 14.2 Å². The van der Waals surface area contributed by atoms with Crippen molar-refractivity contribution in [3.8, 4) is 0 Å². The Kier molecular flexibility index (Phi) is 34.5. The van der Waals surface area contributed by atoms with Crippen molar-refractivity contribution in [1.29, 1.82) is 0 Å². The van der Waals surface area contributed by atoms with Crippen molar-refractivity contribution in [3.05, 3.63) is 24.3 Å². The van der Waals surface area contributed by atoms with E-state index < -0.39 is 0 Å². The van der Waals surface area contributed by atoms with E-state index in [9.17, 15) is 0 Å². The van der Waals surface area contributed by atoms with Gasteiger partial charge in [0.1, 0.15) is 0 Å². The third kappa shape index (κ3) is 31.2. The van der Waals surface area contributed by atoms with Crippen molar-refractivity contribution in [2.24, 2.45) is 0 Å². The molecule has 1 aliphatic rings. The summed E-state index contributed by atoms with van der Waals surface area (Å²) < 4.78 is 7.44. The summed E-state index contributed by atoms with van der Waals surface area (Å²) in [6.07, 6.45) is 10.0. The Balaban J connectivity index is -0.000000104. The molecule has 0 atom stereocenters. The molecule has 12 heavy (non-hydrogen) atoms. The van der Waals surface area contributed by atoms with Crippen LogP contribution in [0, 0.1) is 6.08 Å². The van der Waals surface area contributed by atoms with Crippen LogP contribution in [0.2, 0.25) is 0 Å². The molecule has 0 unspecified atom stereocenters. The van der Waals surface area contributed by atoms with E-state index in [4.69, 9.17) is 0 Å². The normalized spacial score (nSPS) is 10.3. The van der Waals surface area contributed by atoms with E-state index in [2.05, 4.69) is 44.5 Å². The Labute approximate surface area is 95.7 Å². The average molecular weight is 249 g/mol. The summed E-state index contributed by atoms with van der Waals surface area (Å²) in [5, 5.41) is 0. The van der Waals surface area contributed by atoms with Gasteiger partial charge in [-0.05, 0) is 0 Å². The Hall–Kier alpha value is 0.564. The molecule has 0 aromatic heterocycles. The van der Waals surface area contributed by atoms with E-state index in [1.165, 1.54) is 14.2 Å². The second-order valence-electron chi connectivity index (χ2n) is 1.31. The van der Waals surface area contributed by atoms with Gasteiger partial charge in [0.25, 0.3) is 0 Å². The predicted octanol–water partition coefficient (Wildman–Crippen LogP) is 2.88. The van der Waals surface area contributed by atoms with Crippen LogP contribution in [-0.4, -0.2) is 14.2 Å². The summed E-state index contributed by atoms with van der Waals surface area (Å²) in [7, 11) is 2.78. The molecular weight excluding hydrogens is 238 g/mol. The van der Waals surface area contributed by atoms with Gasteiger partial charge in [0.05, 0.1) is 38.0 Å². The van der Waals surface area contributed by atoms with Crippen molar-refractivity contribution >= 4 is 23.7 Å². The molecule has 1 radical (unpaired) electrons. The van der Waals surface area contributed by atoms with Crippen LogP contribution in [0.3, 0.4) is 0 Å². The summed E-state index contributed by atoms with van der Waals surface area (Å²) in [5.41, 5.74) is 0. The molecule has 0 bridgehead atoms. The molecule has 1 rings (SSSR count). The molecule has 71 valence electrons. The number of rotatable bonds is 0. The molecule has 0 aliphatic heterocycles. The summed E-state index contributed by atoms with van der Waals surface area (Å²) >= 11 is 9.00. The largest absolute Gasteiger partial charge is 0.283 e. The van der Waals surface area contributed by atoms with E-state index in [1.54, 1.807) is 0 Å². The van der Waals surface area contributed by atoms with E-state index in [0.717, 1.165) is 6.42 Å². The zero-order valence-corrected chi connectivity index (χ0v) is 9.87. The fourth-order valence-corrected chi connectivity index (χ4v) is 0.340. The summed E-state index contributed by atoms with van der Waals surface area (Å²) in [6, 6.07) is 0. The fourth-order valence-electron chi connectivity index (χ4n) is 0.340. The quantitative estimate of drug-likeness (QED) is 0.614. The van der Waals surface area contributed by atoms with Gasteiger partial charge in [0, 0.05) is 18.6 Å². The van der Waals surface area contributed by atoms with E-state index in [0.29, 0.717) is 0 Å². The topological polar surface area (TPSA) is 18.5 Å². The Morgan fingerprint density at radius 2 is 1.67 bits per heavy atom. The van der Waals surface area contributed by atoms with Crippen LogP contribution in [0.1, 0.15) is 6.42 Å². The first-order chi connectivity index (χ1) is 5.33. The second-order valence-corrected chi connectivity index (χ2v) is 1.93. The average Bonchev–Trinajstić information content (AvgIpc) is 2.44. The fraction of sp³-hybridized carbons (Fsp3) is 0.429. The van der Waals surface area contributed by atoms with E-state index >= 15 is 0 Å². The van der Waals surface area contributed by atoms with Gasteiger partial charge >= 0.3 is 0 Å². The molecule has 0 N–H and O–H groups in total. The van der Waals surface area contributed by atoms with Gasteiger partial charge in [-0.15, -0.1) is 6.42 Å². The van der Waals surface area contributed by atoms with Crippen LogP contribution in [0.25, 0.3) is 0 Å². The molecule has 0 aromatic rings. The Morgan fingerprint density at radius 3 is 1.75 bits per heavy atom. The molecule has 0 fully saturated rings. The van der Waals surface area contributed by atoms with E-state index in [-0.39, 0.29) is 18.6 Å². The molecule has 2 nitrogen and oxygen atoms in total. The minimum absolute atomic E-state index is 0. The smallest absolute Gasteiger partial charge is 0.0606 e. The van der Waals surface area contributed by atoms with Crippen LogP contribution >= 0.6 is 23.7 Å². The van der Waals surface area contributed by atoms with Crippen molar-refractivity contribution in [3.63, 3.8) is 0 Å². The first kappa shape index (κ1) is 18.4. The van der Waals surface area contributed by atoms with Crippen molar-refractivity contribution in [1.82, 2.24) is 0 Å². The van der Waals surface area contributed by atoms with Crippen molar-refractivity contribution < 1.29 is 27.1 Å². The van der Waals surface area contributed by atoms with Crippen LogP contribution in [0.15, 0.2) is 18.2 Å². The van der Waals surface area contributed by atoms with Gasteiger partial charge in [0.15, 0.2) is 0 Å². The molecule has 0 saturated heterocycles. The van der Waals surface area contributed by atoms with Gasteiger partial charge in [-0.2, -0.15) is 6.08 Å². The maximum absolute atomic E-state index is 4.50. The number of allylic oxidation sites excluding steroid dienone is 4. The third-order valence-corrected chi connectivity index (χ3v) is 0.586. The Bertz CT molecular complexity index is 95.6.